The summed E-state index contributed by atoms with van der Waals surface area (Å²) >= 11 is 0. The molecule has 0 radical (unpaired) electrons. The van der Waals surface area contributed by atoms with Crippen molar-refractivity contribution in [1.29, 1.82) is 5.26 Å². The summed E-state index contributed by atoms with van der Waals surface area (Å²) in [6, 6.07) is 10.8. The summed E-state index contributed by atoms with van der Waals surface area (Å²) in [6.45, 7) is 3.36. The van der Waals surface area contributed by atoms with Crippen LogP contribution in [0.3, 0.4) is 0 Å². The van der Waals surface area contributed by atoms with E-state index in [4.69, 9.17) is 5.26 Å². The van der Waals surface area contributed by atoms with Crippen molar-refractivity contribution in [2.75, 3.05) is 5.32 Å². The molecule has 1 aromatic heterocycles. The molecule has 1 heterocycles. The topological polar surface area (TPSA) is 65.8 Å². The number of carbonyl (C=O) groups is 1. The molecule has 0 unspecified atom stereocenters. The van der Waals surface area contributed by atoms with E-state index in [2.05, 4.69) is 16.9 Å². The molecule has 0 aliphatic heterocycles. The normalized spacial score (nSPS) is 9.59. The number of amides is 1. The molecule has 4 nitrogen and oxygen atoms in total. The minimum atomic E-state index is -0.496. The average Bonchev–Trinajstić information content (AvgIpc) is 2.38. The lowest BCUT2D eigenvalue weighted by Crippen LogP contribution is -2.12. The predicted molar refractivity (Wildman–Crippen MR) is 65.1 cm³/mol. The number of nitriles is 1. The summed E-state index contributed by atoms with van der Waals surface area (Å²) in [6.07, 6.45) is 1.68. The molecule has 17 heavy (non-hydrogen) atoms. The highest BCUT2D eigenvalue weighted by Crippen LogP contribution is 2.21. The van der Waals surface area contributed by atoms with E-state index in [9.17, 15) is 4.79 Å². The molecule has 1 N–H and O–H groups in total. The number of hydrogen-bond acceptors (Lipinski definition) is 3. The number of nitrogens with zero attached hydrogens (tertiary/aromatic N) is 2. The van der Waals surface area contributed by atoms with Gasteiger partial charge in [0.05, 0.1) is 11.2 Å². The first-order chi connectivity index (χ1) is 8.22. The van der Waals surface area contributed by atoms with Gasteiger partial charge in [-0.1, -0.05) is 12.6 Å². The maximum atomic E-state index is 11.5. The second-order valence-electron chi connectivity index (χ2n) is 3.42. The Morgan fingerprint density at radius 2 is 2.18 bits per heavy atom. The highest BCUT2D eigenvalue weighted by molar-refractivity contribution is 6.09. The van der Waals surface area contributed by atoms with Crippen molar-refractivity contribution in [3.8, 4) is 6.07 Å². The monoisotopic (exact) mass is 223 g/mol. The largest absolute Gasteiger partial charge is 0.321 e. The van der Waals surface area contributed by atoms with E-state index in [1.165, 1.54) is 0 Å². The number of fused-ring (bicyclic) bond motifs is 1. The molecule has 82 valence electrons. The molecule has 4 heteroatoms. The third-order valence-corrected chi connectivity index (χ3v) is 2.30. The van der Waals surface area contributed by atoms with Gasteiger partial charge in [-0.25, -0.2) is 0 Å². The highest BCUT2D eigenvalue weighted by Gasteiger charge is 2.08. The molecule has 0 spiro atoms. The molecular weight excluding hydrogens is 214 g/mol. The number of carbonyl (C=O) groups excluding carboxylic acids is 1. The lowest BCUT2D eigenvalue weighted by Gasteiger charge is -2.06. The van der Waals surface area contributed by atoms with Crippen molar-refractivity contribution in [1.82, 2.24) is 4.98 Å². The van der Waals surface area contributed by atoms with Gasteiger partial charge in [-0.2, -0.15) is 5.26 Å². The van der Waals surface area contributed by atoms with Crippen molar-refractivity contribution in [2.45, 2.75) is 0 Å². The van der Waals surface area contributed by atoms with Gasteiger partial charge in [0.1, 0.15) is 11.6 Å². The second kappa shape index (κ2) is 4.45. The molecular formula is C13H9N3O. The zero-order chi connectivity index (χ0) is 12.3. The molecule has 1 aromatic carbocycles. The Bertz CT molecular complexity index is 635. The second-order valence-corrected chi connectivity index (χ2v) is 3.42. The first kappa shape index (κ1) is 10.8. The molecule has 0 atom stereocenters. The number of hydrogen-bond donors (Lipinski definition) is 1. The quantitative estimate of drug-likeness (QED) is 0.627. The Morgan fingerprint density at radius 1 is 1.35 bits per heavy atom. The lowest BCUT2D eigenvalue weighted by atomic mass is 10.1. The molecule has 0 aliphatic rings. The molecule has 0 fully saturated rings. The zero-order valence-corrected chi connectivity index (χ0v) is 8.97. The van der Waals surface area contributed by atoms with Gasteiger partial charge in [-0.05, 0) is 24.3 Å². The fraction of sp³-hybridized carbons (Fsp3) is 0. The Kier molecular flexibility index (Phi) is 2.84. The van der Waals surface area contributed by atoms with E-state index in [1.807, 2.05) is 12.1 Å². The number of nitrogens with one attached hydrogen (secondary N) is 1. The molecule has 0 saturated carbocycles. The molecule has 1 amide bonds. The van der Waals surface area contributed by atoms with Crippen molar-refractivity contribution in [3.63, 3.8) is 0 Å². The molecule has 2 aromatic rings. The van der Waals surface area contributed by atoms with Crippen molar-refractivity contribution in [3.05, 3.63) is 48.7 Å². The minimum absolute atomic E-state index is 0.120. The van der Waals surface area contributed by atoms with E-state index in [0.717, 1.165) is 10.9 Å². The smallest absolute Gasteiger partial charge is 0.265 e. The first-order valence-electron chi connectivity index (χ1n) is 4.96. The molecule has 0 bridgehead atoms. The van der Waals surface area contributed by atoms with Gasteiger partial charge in [0, 0.05) is 11.6 Å². The van der Waals surface area contributed by atoms with Crippen LogP contribution in [-0.4, -0.2) is 10.9 Å². The van der Waals surface area contributed by atoms with Crippen LogP contribution in [0.4, 0.5) is 5.69 Å². The number of pyridine rings is 1. The number of aromatic nitrogens is 1. The maximum Gasteiger partial charge on any atom is 0.265 e. The van der Waals surface area contributed by atoms with Crippen LogP contribution in [0.2, 0.25) is 0 Å². The Balaban J connectivity index is 2.40. The van der Waals surface area contributed by atoms with Crippen LogP contribution in [0.25, 0.3) is 10.9 Å². The Labute approximate surface area is 98.2 Å². The summed E-state index contributed by atoms with van der Waals surface area (Å²) in [5.74, 6) is -0.496. The summed E-state index contributed by atoms with van der Waals surface area (Å²) in [5.41, 5.74) is 1.29. The first-order valence-corrected chi connectivity index (χ1v) is 4.96. The summed E-state index contributed by atoms with van der Waals surface area (Å²) in [7, 11) is 0. The van der Waals surface area contributed by atoms with Crippen molar-refractivity contribution in [2.24, 2.45) is 0 Å². The van der Waals surface area contributed by atoms with Crippen LogP contribution >= 0.6 is 0 Å². The number of anilines is 1. The zero-order valence-electron chi connectivity index (χ0n) is 8.97. The fourth-order valence-corrected chi connectivity index (χ4v) is 1.46. The maximum absolute atomic E-state index is 11.5. The highest BCUT2D eigenvalue weighted by atomic mass is 16.1. The Hall–Kier alpha value is -2.67. The van der Waals surface area contributed by atoms with Crippen LogP contribution in [0.15, 0.2) is 48.7 Å². The third-order valence-electron chi connectivity index (χ3n) is 2.30. The van der Waals surface area contributed by atoms with E-state index in [-0.39, 0.29) is 5.57 Å². The van der Waals surface area contributed by atoms with Gasteiger partial charge in [0.15, 0.2) is 0 Å². The van der Waals surface area contributed by atoms with Gasteiger partial charge in [-0.15, -0.1) is 0 Å². The Morgan fingerprint density at radius 3 is 2.94 bits per heavy atom. The number of rotatable bonds is 2. The van der Waals surface area contributed by atoms with E-state index in [1.54, 1.807) is 30.5 Å². The van der Waals surface area contributed by atoms with Gasteiger partial charge in [-0.3, -0.25) is 9.78 Å². The molecule has 0 saturated heterocycles. The number of benzene rings is 1. The lowest BCUT2D eigenvalue weighted by molar-refractivity contribution is -0.112. The SMILES string of the molecule is C=C(C#N)C(=O)Nc1cccc2ncccc12. The van der Waals surface area contributed by atoms with Gasteiger partial charge in [0.25, 0.3) is 5.91 Å². The van der Waals surface area contributed by atoms with Crippen LogP contribution < -0.4 is 5.32 Å². The van der Waals surface area contributed by atoms with Gasteiger partial charge < -0.3 is 5.32 Å². The van der Waals surface area contributed by atoms with Crippen LogP contribution in [-0.2, 0) is 4.79 Å². The van der Waals surface area contributed by atoms with E-state index >= 15 is 0 Å². The molecule has 2 rings (SSSR count). The summed E-state index contributed by atoms with van der Waals surface area (Å²) in [4.78, 5) is 15.7. The third kappa shape index (κ3) is 2.13. The average molecular weight is 223 g/mol. The van der Waals surface area contributed by atoms with Crippen LogP contribution in [0.1, 0.15) is 0 Å². The predicted octanol–water partition coefficient (Wildman–Crippen LogP) is 2.25. The fourth-order valence-electron chi connectivity index (χ4n) is 1.46. The van der Waals surface area contributed by atoms with Crippen LogP contribution in [0, 0.1) is 11.3 Å². The molecule has 0 aliphatic carbocycles. The van der Waals surface area contributed by atoms with Gasteiger partial charge in [0.2, 0.25) is 0 Å². The minimum Gasteiger partial charge on any atom is -0.321 e. The van der Waals surface area contributed by atoms with E-state index < -0.39 is 5.91 Å². The van der Waals surface area contributed by atoms with E-state index in [0.29, 0.717) is 5.69 Å². The summed E-state index contributed by atoms with van der Waals surface area (Å²) in [5, 5.41) is 12.0. The van der Waals surface area contributed by atoms with Crippen molar-refractivity contribution >= 4 is 22.5 Å². The standard InChI is InChI=1S/C13H9N3O/c1-9(8-14)13(17)16-12-6-2-5-11-10(12)4-3-7-15-11/h2-7H,1H2,(H,16,17). The van der Waals surface area contributed by atoms with Gasteiger partial charge >= 0.3 is 0 Å². The van der Waals surface area contributed by atoms with Crippen molar-refractivity contribution < 1.29 is 4.79 Å². The summed E-state index contributed by atoms with van der Waals surface area (Å²) < 4.78 is 0. The van der Waals surface area contributed by atoms with Crippen LogP contribution in [0.5, 0.6) is 0 Å².